The van der Waals surface area contributed by atoms with Gasteiger partial charge in [0.15, 0.2) is 17.2 Å². The van der Waals surface area contributed by atoms with Crippen LogP contribution >= 0.6 is 11.6 Å². The van der Waals surface area contributed by atoms with Crippen LogP contribution in [0, 0.1) is 5.82 Å². The molecule has 2 amide bonds. The number of fused-ring (bicyclic) bond motifs is 4. The van der Waals surface area contributed by atoms with Crippen molar-refractivity contribution in [2.45, 2.75) is 12.8 Å². The summed E-state index contributed by atoms with van der Waals surface area (Å²) in [5.41, 5.74) is 10.5. The summed E-state index contributed by atoms with van der Waals surface area (Å²) in [5.74, 6) is -0.423. The van der Waals surface area contributed by atoms with Crippen LogP contribution in [0.5, 0.6) is 11.5 Å². The van der Waals surface area contributed by atoms with Gasteiger partial charge in [-0.3, -0.25) is 9.59 Å². The number of nitrogens with zero attached hydrogens (tertiary/aromatic N) is 2. The fourth-order valence-electron chi connectivity index (χ4n) is 4.59. The Morgan fingerprint density at radius 2 is 1.86 bits per heavy atom. The molecule has 36 heavy (non-hydrogen) atoms. The number of aryl methyl sites for hydroxylation is 1. The summed E-state index contributed by atoms with van der Waals surface area (Å²) in [4.78, 5) is 25.1. The Kier molecular flexibility index (Phi) is 5.15. The van der Waals surface area contributed by atoms with E-state index >= 15 is 0 Å². The number of anilines is 1. The van der Waals surface area contributed by atoms with Gasteiger partial charge in [-0.2, -0.15) is 5.10 Å². The molecule has 0 unspecified atom stereocenters. The highest BCUT2D eigenvalue weighted by Crippen LogP contribution is 2.40. The molecular weight excluding hydrogens is 487 g/mol. The maximum absolute atomic E-state index is 13.4. The first-order valence-corrected chi connectivity index (χ1v) is 11.5. The minimum absolute atomic E-state index is 0.0136. The molecule has 3 N–H and O–H groups in total. The molecule has 0 saturated carbocycles. The molecule has 2 heterocycles. The van der Waals surface area contributed by atoms with Crippen LogP contribution in [0.4, 0.5) is 10.1 Å². The number of carbonyl (C=O) groups excluding carboxylic acids is 2. The molecule has 0 saturated heterocycles. The minimum atomic E-state index is -0.621. The van der Waals surface area contributed by atoms with Gasteiger partial charge in [0.2, 0.25) is 6.79 Å². The van der Waals surface area contributed by atoms with E-state index in [1.807, 2.05) is 18.2 Å². The van der Waals surface area contributed by atoms with Gasteiger partial charge in [-0.05, 0) is 60.9 Å². The topological polar surface area (TPSA) is 108 Å². The zero-order valence-corrected chi connectivity index (χ0v) is 19.4. The van der Waals surface area contributed by atoms with Crippen LogP contribution in [-0.4, -0.2) is 28.4 Å². The molecule has 10 heteroatoms. The van der Waals surface area contributed by atoms with Gasteiger partial charge in [0.25, 0.3) is 11.8 Å². The Hall–Kier alpha value is -4.37. The Morgan fingerprint density at radius 1 is 1.03 bits per heavy atom. The van der Waals surface area contributed by atoms with Crippen LogP contribution in [0.25, 0.3) is 16.9 Å². The van der Waals surface area contributed by atoms with Crippen LogP contribution in [0.2, 0.25) is 5.02 Å². The highest BCUT2D eigenvalue weighted by atomic mass is 35.5. The lowest BCUT2D eigenvalue weighted by molar-refractivity contribution is 0.0992. The second-order valence-electron chi connectivity index (χ2n) is 8.44. The number of amides is 2. The van der Waals surface area contributed by atoms with E-state index in [9.17, 15) is 14.0 Å². The number of benzene rings is 3. The number of rotatable bonds is 4. The van der Waals surface area contributed by atoms with E-state index in [0.29, 0.717) is 41.4 Å². The van der Waals surface area contributed by atoms with Crippen LogP contribution in [-0.2, 0) is 12.8 Å². The minimum Gasteiger partial charge on any atom is -0.454 e. The Morgan fingerprint density at radius 3 is 2.67 bits per heavy atom. The summed E-state index contributed by atoms with van der Waals surface area (Å²) in [5, 5.41) is 7.38. The van der Waals surface area contributed by atoms with E-state index in [0.717, 1.165) is 22.8 Å². The van der Waals surface area contributed by atoms with Gasteiger partial charge in [0, 0.05) is 22.9 Å². The van der Waals surface area contributed by atoms with Gasteiger partial charge in [-0.15, -0.1) is 0 Å². The highest BCUT2D eigenvalue weighted by molar-refractivity contribution is 6.34. The standard InChI is InChI=1S/C26H18ClFN4O4/c27-20-9-14(28)3-7-17(20)26(34)30-15-4-1-13-2-6-18-23(25(29)33)31-32(24(18)19(13)10-15)16-5-8-21-22(11-16)36-12-35-21/h1,3-5,7-11H,2,6,12H2,(H2,29,33)(H,30,34). The third-order valence-corrected chi connectivity index (χ3v) is 6.57. The van der Waals surface area contributed by atoms with Gasteiger partial charge in [-0.1, -0.05) is 17.7 Å². The summed E-state index contributed by atoms with van der Waals surface area (Å²) in [6, 6.07) is 14.5. The molecule has 4 aromatic rings. The molecule has 1 aliphatic heterocycles. The van der Waals surface area contributed by atoms with E-state index in [-0.39, 0.29) is 23.1 Å². The van der Waals surface area contributed by atoms with Gasteiger partial charge < -0.3 is 20.5 Å². The second-order valence-corrected chi connectivity index (χ2v) is 8.85. The third kappa shape index (κ3) is 3.64. The molecule has 1 aliphatic carbocycles. The third-order valence-electron chi connectivity index (χ3n) is 6.26. The molecule has 0 fully saturated rings. The maximum Gasteiger partial charge on any atom is 0.269 e. The van der Waals surface area contributed by atoms with Crippen molar-refractivity contribution in [2.24, 2.45) is 5.73 Å². The lowest BCUT2D eigenvalue weighted by atomic mass is 9.88. The van der Waals surface area contributed by atoms with Gasteiger partial charge >= 0.3 is 0 Å². The summed E-state index contributed by atoms with van der Waals surface area (Å²) in [7, 11) is 0. The average molecular weight is 505 g/mol. The Bertz CT molecular complexity index is 1580. The zero-order chi connectivity index (χ0) is 25.0. The quantitative estimate of drug-likeness (QED) is 0.425. The second kappa shape index (κ2) is 8.39. The van der Waals surface area contributed by atoms with Crippen LogP contribution in [0.1, 0.15) is 32.0 Å². The lowest BCUT2D eigenvalue weighted by Crippen LogP contribution is -2.16. The van der Waals surface area contributed by atoms with Crippen molar-refractivity contribution in [2.75, 3.05) is 12.1 Å². The first kappa shape index (κ1) is 22.1. The van der Waals surface area contributed by atoms with E-state index in [1.165, 1.54) is 12.1 Å². The number of primary amides is 1. The van der Waals surface area contributed by atoms with Gasteiger partial charge in [0.1, 0.15) is 5.82 Å². The van der Waals surface area contributed by atoms with Gasteiger partial charge in [0.05, 0.1) is 22.0 Å². The van der Waals surface area contributed by atoms with Crippen molar-refractivity contribution in [1.82, 2.24) is 9.78 Å². The van der Waals surface area contributed by atoms with E-state index in [2.05, 4.69) is 10.4 Å². The summed E-state index contributed by atoms with van der Waals surface area (Å²) in [6.07, 6.45) is 1.26. The molecule has 0 radical (unpaired) electrons. The van der Waals surface area contributed by atoms with Crippen LogP contribution < -0.4 is 20.5 Å². The van der Waals surface area contributed by atoms with E-state index in [1.54, 1.807) is 22.9 Å². The number of ether oxygens (including phenoxy) is 2. The first-order chi connectivity index (χ1) is 17.4. The first-order valence-electron chi connectivity index (χ1n) is 11.1. The predicted octanol–water partition coefficient (Wildman–Crippen LogP) is 4.51. The molecule has 8 nitrogen and oxygen atoms in total. The van der Waals surface area contributed by atoms with Crippen LogP contribution in [0.15, 0.2) is 54.6 Å². The number of carbonyl (C=O) groups is 2. The van der Waals surface area contributed by atoms with Crippen molar-refractivity contribution < 1.29 is 23.5 Å². The highest BCUT2D eigenvalue weighted by Gasteiger charge is 2.29. The number of hydrogen-bond donors (Lipinski definition) is 2. The normalized spacial score (nSPS) is 13.2. The monoisotopic (exact) mass is 504 g/mol. The van der Waals surface area contributed by atoms with Gasteiger partial charge in [-0.25, -0.2) is 9.07 Å². The molecule has 0 bridgehead atoms. The number of nitrogens with two attached hydrogens (primary N) is 1. The number of aromatic nitrogens is 2. The summed E-state index contributed by atoms with van der Waals surface area (Å²) < 4.78 is 26.0. The summed E-state index contributed by atoms with van der Waals surface area (Å²) in [6.45, 7) is 0.131. The molecule has 3 aromatic carbocycles. The van der Waals surface area contributed by atoms with E-state index in [4.69, 9.17) is 26.8 Å². The zero-order valence-electron chi connectivity index (χ0n) is 18.7. The molecule has 180 valence electrons. The Balaban J connectivity index is 1.44. The number of halogens is 2. The Labute approximate surface area is 209 Å². The fourth-order valence-corrected chi connectivity index (χ4v) is 4.84. The summed E-state index contributed by atoms with van der Waals surface area (Å²) >= 11 is 6.06. The van der Waals surface area contributed by atoms with Crippen molar-refractivity contribution in [1.29, 1.82) is 0 Å². The SMILES string of the molecule is NC(=O)c1nn(-c2ccc3c(c2)OCO3)c2c1CCc1ccc(NC(=O)c3ccc(F)cc3Cl)cc1-2. The molecular formula is C26H18ClFN4O4. The van der Waals surface area contributed by atoms with Crippen LogP contribution in [0.3, 0.4) is 0 Å². The number of hydrogen-bond acceptors (Lipinski definition) is 5. The largest absolute Gasteiger partial charge is 0.454 e. The molecule has 0 spiro atoms. The molecule has 1 aromatic heterocycles. The predicted molar refractivity (Wildman–Crippen MR) is 130 cm³/mol. The van der Waals surface area contributed by atoms with Crippen molar-refractivity contribution in [3.63, 3.8) is 0 Å². The van der Waals surface area contributed by atoms with Crippen molar-refractivity contribution in [3.05, 3.63) is 87.8 Å². The van der Waals surface area contributed by atoms with Crippen molar-refractivity contribution in [3.8, 4) is 28.4 Å². The number of nitrogens with one attached hydrogen (secondary N) is 1. The lowest BCUT2D eigenvalue weighted by Gasteiger charge is -2.20. The molecule has 0 atom stereocenters. The maximum atomic E-state index is 13.4. The molecule has 2 aliphatic rings. The fraction of sp³-hybridized carbons (Fsp3) is 0.115. The van der Waals surface area contributed by atoms with E-state index < -0.39 is 17.6 Å². The average Bonchev–Trinajstić information content (AvgIpc) is 3.48. The smallest absolute Gasteiger partial charge is 0.269 e. The van der Waals surface area contributed by atoms with Crippen molar-refractivity contribution >= 4 is 29.1 Å². The molecule has 6 rings (SSSR count).